The van der Waals surface area contributed by atoms with Crippen LogP contribution in [0.5, 0.6) is 5.75 Å². The van der Waals surface area contributed by atoms with E-state index in [4.69, 9.17) is 4.74 Å². The summed E-state index contributed by atoms with van der Waals surface area (Å²) in [4.78, 5) is 2.19. The molecule has 0 bridgehead atoms. The molecule has 0 aliphatic heterocycles. The van der Waals surface area contributed by atoms with Gasteiger partial charge in [-0.15, -0.1) is 0 Å². The molecule has 2 aromatic carbocycles. The van der Waals surface area contributed by atoms with Gasteiger partial charge in [-0.1, -0.05) is 30.3 Å². The summed E-state index contributed by atoms with van der Waals surface area (Å²) in [7, 11) is 1.77. The zero-order valence-electron chi connectivity index (χ0n) is 14.5. The van der Waals surface area contributed by atoms with Crippen molar-refractivity contribution in [1.29, 1.82) is 0 Å². The third-order valence-corrected chi connectivity index (χ3v) is 5.19. The summed E-state index contributed by atoms with van der Waals surface area (Å²) in [5.41, 5.74) is 1.71. The van der Waals surface area contributed by atoms with Crippen LogP contribution in [0.2, 0.25) is 0 Å². The monoisotopic (exact) mass is 348 g/mol. The maximum absolute atomic E-state index is 12.8. The van der Waals surface area contributed by atoms with Crippen LogP contribution in [-0.4, -0.2) is 41.1 Å². The van der Waals surface area contributed by atoms with Gasteiger partial charge >= 0.3 is 0 Å². The van der Waals surface area contributed by atoms with Crippen LogP contribution >= 0.6 is 0 Å². The van der Waals surface area contributed by atoms with Crippen LogP contribution in [0.3, 0.4) is 0 Å². The summed E-state index contributed by atoms with van der Waals surface area (Å²) in [6, 6.07) is 14.1. The average Bonchev–Trinajstić information content (AvgIpc) is 2.54. The van der Waals surface area contributed by atoms with E-state index in [-0.39, 0.29) is 10.9 Å². The summed E-state index contributed by atoms with van der Waals surface area (Å²) in [5.74, 6) is 0.668. The summed E-state index contributed by atoms with van der Waals surface area (Å²) in [6.07, 6.45) is 0. The molecule has 0 saturated heterocycles. The van der Waals surface area contributed by atoms with Crippen LogP contribution in [0, 0.1) is 6.92 Å². The molecule has 0 saturated carbocycles. The largest absolute Gasteiger partial charge is 0.496 e. The van der Waals surface area contributed by atoms with Crippen molar-refractivity contribution in [2.75, 3.05) is 27.7 Å². The fourth-order valence-corrected chi connectivity index (χ4v) is 3.84. The minimum atomic E-state index is -3.63. The molecule has 0 spiro atoms. The van der Waals surface area contributed by atoms with Crippen molar-refractivity contribution >= 4 is 10.0 Å². The fourth-order valence-electron chi connectivity index (χ4n) is 2.53. The molecule has 0 aromatic heterocycles. The lowest BCUT2D eigenvalue weighted by Gasteiger charge is -2.23. The number of rotatable bonds is 7. The quantitative estimate of drug-likeness (QED) is 0.835. The van der Waals surface area contributed by atoms with Gasteiger partial charge in [0.2, 0.25) is 10.0 Å². The van der Waals surface area contributed by atoms with E-state index >= 15 is 0 Å². The van der Waals surface area contributed by atoms with Crippen molar-refractivity contribution in [3.05, 3.63) is 59.7 Å². The summed E-state index contributed by atoms with van der Waals surface area (Å²) in [6.45, 7) is 2.39. The molecular formula is C18H24N2O3S. The van der Waals surface area contributed by atoms with Crippen LogP contribution in [0.4, 0.5) is 0 Å². The van der Waals surface area contributed by atoms with E-state index in [2.05, 4.69) is 4.72 Å². The molecule has 2 rings (SSSR count). The third-order valence-electron chi connectivity index (χ3n) is 3.72. The Morgan fingerprint density at radius 1 is 1.12 bits per heavy atom. The molecule has 24 heavy (non-hydrogen) atoms. The molecule has 6 heteroatoms. The number of ether oxygens (including phenoxy) is 1. The number of nitrogens with zero attached hydrogens (tertiary/aromatic N) is 1. The van der Waals surface area contributed by atoms with Crippen LogP contribution in [-0.2, 0) is 10.0 Å². The normalized spacial score (nSPS) is 13.0. The van der Waals surface area contributed by atoms with E-state index in [0.717, 1.165) is 11.1 Å². The second-order valence-electron chi connectivity index (χ2n) is 5.98. The molecule has 2 aromatic rings. The maximum Gasteiger partial charge on any atom is 0.241 e. The van der Waals surface area contributed by atoms with Gasteiger partial charge in [0.05, 0.1) is 18.0 Å². The molecule has 130 valence electrons. The van der Waals surface area contributed by atoms with Gasteiger partial charge in [-0.05, 0) is 50.3 Å². The Kier molecular flexibility index (Phi) is 5.99. The van der Waals surface area contributed by atoms with Gasteiger partial charge in [-0.2, -0.15) is 0 Å². The number of nitrogens with one attached hydrogen (secondary N) is 1. The molecule has 0 heterocycles. The summed E-state index contributed by atoms with van der Waals surface area (Å²) >= 11 is 0. The molecule has 0 radical (unpaired) electrons. The first-order chi connectivity index (χ1) is 11.3. The van der Waals surface area contributed by atoms with Crippen molar-refractivity contribution in [2.45, 2.75) is 17.9 Å². The SMILES string of the molecule is COc1ccc(S(=O)(=O)NC(CN(C)C)c2ccccc2)cc1C. The van der Waals surface area contributed by atoms with Crippen molar-refractivity contribution in [2.24, 2.45) is 0 Å². The van der Waals surface area contributed by atoms with Gasteiger partial charge in [0, 0.05) is 6.54 Å². The van der Waals surface area contributed by atoms with E-state index < -0.39 is 10.0 Å². The Labute approximate surface area is 144 Å². The molecule has 0 aliphatic rings. The van der Waals surface area contributed by atoms with Gasteiger partial charge in [-0.25, -0.2) is 13.1 Å². The molecule has 5 nitrogen and oxygen atoms in total. The van der Waals surface area contributed by atoms with E-state index in [1.54, 1.807) is 25.3 Å². The Balaban J connectivity index is 2.31. The first-order valence-corrected chi connectivity index (χ1v) is 9.18. The van der Waals surface area contributed by atoms with Crippen molar-refractivity contribution in [3.8, 4) is 5.75 Å². The minimum Gasteiger partial charge on any atom is -0.496 e. The molecule has 1 atom stereocenters. The molecule has 0 amide bonds. The molecule has 0 aliphatic carbocycles. The van der Waals surface area contributed by atoms with Gasteiger partial charge in [0.1, 0.15) is 5.75 Å². The van der Waals surface area contributed by atoms with E-state index in [1.165, 1.54) is 0 Å². The zero-order chi connectivity index (χ0) is 17.7. The van der Waals surface area contributed by atoms with E-state index in [9.17, 15) is 8.42 Å². The van der Waals surface area contributed by atoms with Crippen LogP contribution in [0.15, 0.2) is 53.4 Å². The predicted molar refractivity (Wildman–Crippen MR) is 95.8 cm³/mol. The van der Waals surface area contributed by atoms with Crippen LogP contribution in [0.25, 0.3) is 0 Å². The number of hydrogen-bond donors (Lipinski definition) is 1. The smallest absolute Gasteiger partial charge is 0.241 e. The molecule has 1 N–H and O–H groups in total. The van der Waals surface area contributed by atoms with Crippen molar-refractivity contribution in [3.63, 3.8) is 0 Å². The number of likely N-dealkylation sites (N-methyl/N-ethyl adjacent to an activating group) is 1. The predicted octanol–water partition coefficient (Wildman–Crippen LogP) is 2.58. The third kappa shape index (κ3) is 4.56. The second-order valence-corrected chi connectivity index (χ2v) is 7.69. The number of sulfonamides is 1. The number of benzene rings is 2. The topological polar surface area (TPSA) is 58.6 Å². The highest BCUT2D eigenvalue weighted by Gasteiger charge is 2.22. The lowest BCUT2D eigenvalue weighted by Crippen LogP contribution is -2.35. The van der Waals surface area contributed by atoms with Crippen molar-refractivity contribution in [1.82, 2.24) is 9.62 Å². The van der Waals surface area contributed by atoms with Gasteiger partial charge in [-0.3, -0.25) is 0 Å². The number of hydrogen-bond acceptors (Lipinski definition) is 4. The number of aryl methyl sites for hydroxylation is 1. The summed E-state index contributed by atoms with van der Waals surface area (Å²) in [5, 5.41) is 0. The molecule has 0 fully saturated rings. The van der Waals surface area contributed by atoms with Crippen molar-refractivity contribution < 1.29 is 13.2 Å². The molecular weight excluding hydrogens is 324 g/mol. The Hall–Kier alpha value is -1.89. The number of methoxy groups -OCH3 is 1. The lowest BCUT2D eigenvalue weighted by molar-refractivity contribution is 0.363. The highest BCUT2D eigenvalue weighted by molar-refractivity contribution is 7.89. The zero-order valence-corrected chi connectivity index (χ0v) is 15.3. The fraction of sp³-hybridized carbons (Fsp3) is 0.333. The van der Waals surface area contributed by atoms with E-state index in [1.807, 2.05) is 56.3 Å². The highest BCUT2D eigenvalue weighted by atomic mass is 32.2. The van der Waals surface area contributed by atoms with Gasteiger partial charge in [0.25, 0.3) is 0 Å². The maximum atomic E-state index is 12.8. The minimum absolute atomic E-state index is 0.237. The Bertz CT molecular complexity index is 774. The first-order valence-electron chi connectivity index (χ1n) is 7.70. The second kappa shape index (κ2) is 7.79. The highest BCUT2D eigenvalue weighted by Crippen LogP contribution is 2.23. The van der Waals surface area contributed by atoms with Crippen LogP contribution < -0.4 is 9.46 Å². The standard InChI is InChI=1S/C18H24N2O3S/c1-14-12-16(10-11-18(14)23-4)24(21,22)19-17(13-20(2)3)15-8-6-5-7-9-15/h5-12,17,19H,13H2,1-4H3. The average molecular weight is 348 g/mol. The van der Waals surface area contributed by atoms with E-state index in [0.29, 0.717) is 12.3 Å². The van der Waals surface area contributed by atoms with Gasteiger partial charge < -0.3 is 9.64 Å². The molecule has 1 unspecified atom stereocenters. The first kappa shape index (κ1) is 18.4. The van der Waals surface area contributed by atoms with Gasteiger partial charge in [0.15, 0.2) is 0 Å². The Morgan fingerprint density at radius 3 is 2.33 bits per heavy atom. The van der Waals surface area contributed by atoms with Crippen LogP contribution in [0.1, 0.15) is 17.2 Å². The Morgan fingerprint density at radius 2 is 1.79 bits per heavy atom. The lowest BCUT2D eigenvalue weighted by atomic mass is 10.1. The summed E-state index contributed by atoms with van der Waals surface area (Å²) < 4.78 is 33.6.